The molecule has 1 unspecified atom stereocenters. The topological polar surface area (TPSA) is 15.3 Å². The van der Waals surface area contributed by atoms with E-state index in [-0.39, 0.29) is 11.7 Å². The third kappa shape index (κ3) is 3.41. The van der Waals surface area contributed by atoms with Gasteiger partial charge < -0.3 is 10.2 Å². The number of hydrogen-bond donors (Lipinski definition) is 1. The van der Waals surface area contributed by atoms with Crippen molar-refractivity contribution in [3.05, 3.63) is 29.6 Å². The molecular formula is C14H19F3N2. The van der Waals surface area contributed by atoms with Crippen LogP contribution >= 0.6 is 0 Å². The van der Waals surface area contributed by atoms with Crippen LogP contribution in [0.2, 0.25) is 0 Å². The fourth-order valence-electron chi connectivity index (χ4n) is 2.55. The molecule has 1 heterocycles. The molecule has 1 saturated heterocycles. The SMILES string of the molecule is CC(Nc1c(F)cc(F)cc1F)C1CCN(C)CC1. The van der Waals surface area contributed by atoms with Gasteiger partial charge in [0.15, 0.2) is 11.6 Å². The first-order valence-electron chi connectivity index (χ1n) is 6.57. The lowest BCUT2D eigenvalue weighted by Crippen LogP contribution is -2.37. The molecule has 1 N–H and O–H groups in total. The summed E-state index contributed by atoms with van der Waals surface area (Å²) in [4.78, 5) is 2.24. The summed E-state index contributed by atoms with van der Waals surface area (Å²) >= 11 is 0. The zero-order chi connectivity index (χ0) is 14.0. The Kier molecular flexibility index (Phi) is 4.34. The molecule has 1 atom stereocenters. The number of piperidine rings is 1. The van der Waals surface area contributed by atoms with Gasteiger partial charge in [-0.2, -0.15) is 0 Å². The number of hydrogen-bond acceptors (Lipinski definition) is 2. The Morgan fingerprint density at radius 2 is 1.68 bits per heavy atom. The summed E-state index contributed by atoms with van der Waals surface area (Å²) in [5.74, 6) is -2.28. The fraction of sp³-hybridized carbons (Fsp3) is 0.571. The van der Waals surface area contributed by atoms with E-state index in [0.717, 1.165) is 25.9 Å². The Hall–Kier alpha value is -1.23. The predicted molar refractivity (Wildman–Crippen MR) is 69.6 cm³/mol. The highest BCUT2D eigenvalue weighted by molar-refractivity contribution is 5.47. The summed E-state index contributed by atoms with van der Waals surface area (Å²) < 4.78 is 39.9. The molecule has 0 aliphatic carbocycles. The van der Waals surface area contributed by atoms with Gasteiger partial charge in [0.05, 0.1) is 0 Å². The Balaban J connectivity index is 2.04. The van der Waals surface area contributed by atoms with Crippen molar-refractivity contribution in [2.75, 3.05) is 25.5 Å². The van der Waals surface area contributed by atoms with Crippen molar-refractivity contribution in [1.82, 2.24) is 4.90 Å². The van der Waals surface area contributed by atoms with Crippen molar-refractivity contribution in [1.29, 1.82) is 0 Å². The molecule has 0 aromatic heterocycles. The fourth-order valence-corrected chi connectivity index (χ4v) is 2.55. The van der Waals surface area contributed by atoms with Crippen LogP contribution in [0.15, 0.2) is 12.1 Å². The third-order valence-corrected chi connectivity index (χ3v) is 3.85. The molecule has 0 saturated carbocycles. The largest absolute Gasteiger partial charge is 0.378 e. The van der Waals surface area contributed by atoms with Crippen molar-refractivity contribution >= 4 is 5.69 Å². The van der Waals surface area contributed by atoms with E-state index in [1.807, 2.05) is 6.92 Å². The van der Waals surface area contributed by atoms with E-state index in [9.17, 15) is 13.2 Å². The van der Waals surface area contributed by atoms with Crippen LogP contribution in [0, 0.1) is 23.4 Å². The molecule has 1 fully saturated rings. The Bertz CT molecular complexity index is 419. The second kappa shape index (κ2) is 5.82. The van der Waals surface area contributed by atoms with Crippen molar-refractivity contribution < 1.29 is 13.2 Å². The molecule has 1 aromatic rings. The van der Waals surface area contributed by atoms with Crippen LogP contribution in [-0.4, -0.2) is 31.1 Å². The highest BCUT2D eigenvalue weighted by atomic mass is 19.1. The third-order valence-electron chi connectivity index (χ3n) is 3.85. The summed E-state index contributed by atoms with van der Waals surface area (Å²) in [7, 11) is 2.06. The van der Waals surface area contributed by atoms with Gasteiger partial charge in [-0.05, 0) is 45.8 Å². The van der Waals surface area contributed by atoms with E-state index in [2.05, 4.69) is 17.3 Å². The van der Waals surface area contributed by atoms with Gasteiger partial charge in [0, 0.05) is 18.2 Å². The van der Waals surface area contributed by atoms with Gasteiger partial charge in [0.1, 0.15) is 11.5 Å². The lowest BCUT2D eigenvalue weighted by molar-refractivity contribution is 0.208. The Morgan fingerprint density at radius 1 is 1.16 bits per heavy atom. The van der Waals surface area contributed by atoms with Gasteiger partial charge in [-0.3, -0.25) is 0 Å². The molecule has 0 spiro atoms. The van der Waals surface area contributed by atoms with E-state index in [1.165, 1.54) is 0 Å². The van der Waals surface area contributed by atoms with Crippen LogP contribution in [0.5, 0.6) is 0 Å². The highest BCUT2D eigenvalue weighted by Crippen LogP contribution is 2.26. The Labute approximate surface area is 111 Å². The minimum absolute atomic E-state index is 0.0387. The summed E-state index contributed by atoms with van der Waals surface area (Å²) in [5.41, 5.74) is -0.229. The molecular weight excluding hydrogens is 253 g/mol. The van der Waals surface area contributed by atoms with Crippen LogP contribution in [0.1, 0.15) is 19.8 Å². The van der Waals surface area contributed by atoms with Crippen molar-refractivity contribution in [2.45, 2.75) is 25.8 Å². The maximum atomic E-state index is 13.6. The highest BCUT2D eigenvalue weighted by Gasteiger charge is 2.24. The number of halogens is 3. The molecule has 1 aliphatic rings. The number of benzene rings is 1. The predicted octanol–water partition coefficient (Wildman–Crippen LogP) is 3.25. The molecule has 1 aromatic carbocycles. The normalized spacial score (nSPS) is 19.4. The zero-order valence-electron chi connectivity index (χ0n) is 11.2. The van der Waals surface area contributed by atoms with Crippen molar-refractivity contribution in [3.8, 4) is 0 Å². The molecule has 19 heavy (non-hydrogen) atoms. The van der Waals surface area contributed by atoms with Gasteiger partial charge in [-0.1, -0.05) is 0 Å². The smallest absolute Gasteiger partial charge is 0.152 e. The first kappa shape index (κ1) is 14.2. The molecule has 106 valence electrons. The molecule has 5 heteroatoms. The first-order chi connectivity index (χ1) is 8.97. The maximum Gasteiger partial charge on any atom is 0.152 e. The quantitative estimate of drug-likeness (QED) is 0.908. The molecule has 0 radical (unpaired) electrons. The van der Waals surface area contributed by atoms with E-state index in [0.29, 0.717) is 18.1 Å². The molecule has 2 rings (SSSR count). The average Bonchev–Trinajstić information content (AvgIpc) is 2.34. The number of nitrogens with one attached hydrogen (secondary N) is 1. The van der Waals surface area contributed by atoms with Gasteiger partial charge in [-0.25, -0.2) is 13.2 Å². The first-order valence-corrected chi connectivity index (χ1v) is 6.57. The maximum absolute atomic E-state index is 13.6. The second-order valence-corrected chi connectivity index (χ2v) is 5.32. The van der Waals surface area contributed by atoms with Crippen LogP contribution in [0.4, 0.5) is 18.9 Å². The molecule has 0 bridgehead atoms. The van der Waals surface area contributed by atoms with E-state index in [1.54, 1.807) is 0 Å². The molecule has 2 nitrogen and oxygen atoms in total. The van der Waals surface area contributed by atoms with E-state index >= 15 is 0 Å². The average molecular weight is 272 g/mol. The summed E-state index contributed by atoms with van der Waals surface area (Å²) in [6.07, 6.45) is 1.99. The lowest BCUT2D eigenvalue weighted by Gasteiger charge is -2.33. The van der Waals surface area contributed by atoms with Gasteiger partial charge in [0.25, 0.3) is 0 Å². The molecule has 1 aliphatic heterocycles. The van der Waals surface area contributed by atoms with Crippen LogP contribution in [0.3, 0.4) is 0 Å². The summed E-state index contributed by atoms with van der Waals surface area (Å²) in [5, 5.41) is 2.86. The standard InChI is InChI=1S/C14H19F3N2/c1-9(10-3-5-19(2)6-4-10)18-14-12(16)7-11(15)8-13(14)17/h7-10,18H,3-6H2,1-2H3. The Morgan fingerprint density at radius 3 is 2.21 bits per heavy atom. The molecule has 0 amide bonds. The van der Waals surface area contributed by atoms with Crippen LogP contribution in [-0.2, 0) is 0 Å². The summed E-state index contributed by atoms with van der Waals surface area (Å²) in [6.45, 7) is 3.90. The second-order valence-electron chi connectivity index (χ2n) is 5.32. The summed E-state index contributed by atoms with van der Waals surface area (Å²) in [6, 6.07) is 1.36. The van der Waals surface area contributed by atoms with Gasteiger partial charge in [-0.15, -0.1) is 0 Å². The number of anilines is 1. The van der Waals surface area contributed by atoms with E-state index in [4.69, 9.17) is 0 Å². The van der Waals surface area contributed by atoms with Crippen LogP contribution in [0.25, 0.3) is 0 Å². The van der Waals surface area contributed by atoms with Gasteiger partial charge >= 0.3 is 0 Å². The van der Waals surface area contributed by atoms with Crippen LogP contribution < -0.4 is 5.32 Å². The minimum Gasteiger partial charge on any atom is -0.378 e. The number of nitrogens with zero attached hydrogens (tertiary/aromatic N) is 1. The van der Waals surface area contributed by atoms with Crippen molar-refractivity contribution in [3.63, 3.8) is 0 Å². The minimum atomic E-state index is -0.896. The monoisotopic (exact) mass is 272 g/mol. The lowest BCUT2D eigenvalue weighted by atomic mass is 9.90. The zero-order valence-corrected chi connectivity index (χ0v) is 11.2. The number of likely N-dealkylation sites (tertiary alicyclic amines) is 1. The van der Waals surface area contributed by atoms with E-state index < -0.39 is 17.5 Å². The number of rotatable bonds is 3. The van der Waals surface area contributed by atoms with Crippen molar-refractivity contribution in [2.24, 2.45) is 5.92 Å². The van der Waals surface area contributed by atoms with Gasteiger partial charge in [0.2, 0.25) is 0 Å².